The molecule has 0 radical (unpaired) electrons. The second kappa shape index (κ2) is 7.82. The number of carbonyl (C=O) groups is 1. The summed E-state index contributed by atoms with van der Waals surface area (Å²) in [7, 11) is -1.91. The third kappa shape index (κ3) is 4.39. The number of hydrogen-bond donors (Lipinski definition) is 2. The molecule has 0 bridgehead atoms. The lowest BCUT2D eigenvalue weighted by molar-refractivity contribution is -0.123. The molecular weight excluding hydrogens is 364 g/mol. The van der Waals surface area contributed by atoms with Crippen LogP contribution in [0.3, 0.4) is 0 Å². The Hall–Kier alpha value is -2.19. The van der Waals surface area contributed by atoms with E-state index < -0.39 is 22.1 Å². The van der Waals surface area contributed by atoms with Crippen molar-refractivity contribution in [2.45, 2.75) is 56.0 Å². The van der Waals surface area contributed by atoms with E-state index in [0.29, 0.717) is 12.3 Å². The smallest absolute Gasteiger partial charge is 0.240 e. The fourth-order valence-electron chi connectivity index (χ4n) is 3.32. The first kappa shape index (κ1) is 19.6. The van der Waals surface area contributed by atoms with Crippen LogP contribution in [0, 0.1) is 0 Å². The molecule has 1 aromatic heterocycles. The van der Waals surface area contributed by atoms with Crippen LogP contribution in [0.2, 0.25) is 0 Å². The summed E-state index contributed by atoms with van der Waals surface area (Å²) < 4.78 is 30.1. The largest absolute Gasteiger partial charge is 0.348 e. The Morgan fingerprint density at radius 3 is 2.63 bits per heavy atom. The van der Waals surface area contributed by atoms with Crippen molar-refractivity contribution in [2.75, 3.05) is 0 Å². The average Bonchev–Trinajstić information content (AvgIpc) is 3.08. The van der Waals surface area contributed by atoms with Crippen LogP contribution in [0.5, 0.6) is 0 Å². The molecule has 1 amide bonds. The van der Waals surface area contributed by atoms with Crippen LogP contribution in [-0.2, 0) is 21.9 Å². The number of nitrogens with zero attached hydrogens (tertiary/aromatic N) is 2. The molecule has 1 saturated heterocycles. The highest BCUT2D eigenvalue weighted by molar-refractivity contribution is 7.89. The van der Waals surface area contributed by atoms with Crippen LogP contribution in [-0.4, -0.2) is 30.1 Å². The summed E-state index contributed by atoms with van der Waals surface area (Å²) in [6.07, 6.45) is 5.17. The van der Waals surface area contributed by atoms with Gasteiger partial charge in [0.15, 0.2) is 0 Å². The zero-order valence-electron chi connectivity index (χ0n) is 15.8. The third-order valence-electron chi connectivity index (χ3n) is 5.16. The zero-order valence-corrected chi connectivity index (χ0v) is 16.7. The van der Waals surface area contributed by atoms with Gasteiger partial charge in [0.1, 0.15) is 0 Å². The number of aromatic nitrogens is 2. The number of benzene rings is 1. The molecule has 1 aromatic carbocycles. The van der Waals surface area contributed by atoms with Crippen molar-refractivity contribution in [1.29, 1.82) is 0 Å². The monoisotopic (exact) mass is 390 g/mol. The molecule has 0 saturated carbocycles. The van der Waals surface area contributed by atoms with Crippen molar-refractivity contribution in [3.63, 3.8) is 0 Å². The first-order chi connectivity index (χ1) is 12.8. The summed E-state index contributed by atoms with van der Waals surface area (Å²) in [5.41, 5.74) is 1.90. The van der Waals surface area contributed by atoms with E-state index in [2.05, 4.69) is 29.0 Å². The van der Waals surface area contributed by atoms with Crippen molar-refractivity contribution >= 4 is 15.9 Å². The molecule has 3 atom stereocenters. The first-order valence-electron chi connectivity index (χ1n) is 9.20. The van der Waals surface area contributed by atoms with Crippen molar-refractivity contribution < 1.29 is 13.2 Å². The Morgan fingerprint density at radius 2 is 2.04 bits per heavy atom. The maximum Gasteiger partial charge on any atom is 0.240 e. The molecule has 1 aliphatic rings. The first-order valence-corrected chi connectivity index (χ1v) is 10.7. The van der Waals surface area contributed by atoms with Crippen LogP contribution in [0.1, 0.15) is 56.2 Å². The van der Waals surface area contributed by atoms with Crippen LogP contribution in [0.15, 0.2) is 41.6 Å². The van der Waals surface area contributed by atoms with E-state index >= 15 is 0 Å². The minimum Gasteiger partial charge on any atom is -0.348 e. The van der Waals surface area contributed by atoms with Crippen LogP contribution in [0.4, 0.5) is 0 Å². The number of amides is 1. The minimum absolute atomic E-state index is 0.0859. The van der Waals surface area contributed by atoms with E-state index in [0.717, 1.165) is 17.5 Å². The summed E-state index contributed by atoms with van der Waals surface area (Å²) in [6.45, 7) is 4.22. The standard InChI is InChI=1S/C19H26N4O3S/c1-4-13(2)14-5-7-16(8-6-14)27(25,26)22-17-9-10-18(24)21-19(17)15-11-20-23(3)12-15/h5-8,11-13,17,19,22H,4,9-10H2,1-3H3,(H,21,24)/t13?,17-,19+/m1/s1. The van der Waals surface area contributed by atoms with E-state index in [-0.39, 0.29) is 17.2 Å². The van der Waals surface area contributed by atoms with Gasteiger partial charge < -0.3 is 5.32 Å². The van der Waals surface area contributed by atoms with Gasteiger partial charge in [0.2, 0.25) is 15.9 Å². The highest BCUT2D eigenvalue weighted by Gasteiger charge is 2.34. The number of carbonyl (C=O) groups excluding carboxylic acids is 1. The molecule has 2 aromatic rings. The number of piperidine rings is 1. The van der Waals surface area contributed by atoms with Crippen LogP contribution in [0.25, 0.3) is 0 Å². The minimum atomic E-state index is -3.69. The van der Waals surface area contributed by atoms with Gasteiger partial charge in [-0.25, -0.2) is 13.1 Å². The van der Waals surface area contributed by atoms with Crippen LogP contribution >= 0.6 is 0 Å². The summed E-state index contributed by atoms with van der Waals surface area (Å²) in [5, 5.41) is 7.01. The summed E-state index contributed by atoms with van der Waals surface area (Å²) in [4.78, 5) is 12.1. The molecule has 3 rings (SSSR count). The zero-order chi connectivity index (χ0) is 19.6. The number of hydrogen-bond acceptors (Lipinski definition) is 4. The quantitative estimate of drug-likeness (QED) is 0.791. The Morgan fingerprint density at radius 1 is 1.33 bits per heavy atom. The van der Waals surface area contributed by atoms with Gasteiger partial charge in [0, 0.05) is 31.3 Å². The van der Waals surface area contributed by atoms with Crippen molar-refractivity contribution in [1.82, 2.24) is 19.8 Å². The average molecular weight is 391 g/mol. The predicted molar refractivity (Wildman–Crippen MR) is 103 cm³/mol. The number of aryl methyl sites for hydroxylation is 1. The lowest BCUT2D eigenvalue weighted by atomic mass is 9.95. The fourth-order valence-corrected chi connectivity index (χ4v) is 4.60. The number of nitrogens with one attached hydrogen (secondary N) is 2. The maximum atomic E-state index is 12.9. The maximum absolute atomic E-state index is 12.9. The molecule has 146 valence electrons. The Bertz CT molecular complexity index is 905. The summed E-state index contributed by atoms with van der Waals surface area (Å²) in [6, 6.07) is 6.16. The Balaban J connectivity index is 1.81. The van der Waals surface area contributed by atoms with Gasteiger partial charge in [-0.1, -0.05) is 26.0 Å². The van der Waals surface area contributed by atoms with Gasteiger partial charge in [-0.15, -0.1) is 0 Å². The SMILES string of the molecule is CCC(C)c1ccc(S(=O)(=O)N[C@@H]2CCC(=O)N[C@H]2c2cnn(C)c2)cc1. The fraction of sp³-hybridized carbons (Fsp3) is 0.474. The lowest BCUT2D eigenvalue weighted by Gasteiger charge is -2.32. The van der Waals surface area contributed by atoms with Gasteiger partial charge >= 0.3 is 0 Å². The van der Waals surface area contributed by atoms with Gasteiger partial charge in [-0.2, -0.15) is 5.10 Å². The molecule has 7 nitrogen and oxygen atoms in total. The highest BCUT2D eigenvalue weighted by Crippen LogP contribution is 2.26. The topological polar surface area (TPSA) is 93.1 Å². The summed E-state index contributed by atoms with van der Waals surface area (Å²) in [5.74, 6) is 0.301. The molecule has 27 heavy (non-hydrogen) atoms. The molecule has 1 unspecified atom stereocenters. The second-order valence-corrected chi connectivity index (χ2v) is 8.85. The van der Waals surface area contributed by atoms with E-state index in [1.165, 1.54) is 0 Å². The number of sulfonamides is 1. The van der Waals surface area contributed by atoms with Crippen LogP contribution < -0.4 is 10.0 Å². The van der Waals surface area contributed by atoms with E-state index in [1.807, 2.05) is 12.1 Å². The number of rotatable bonds is 6. The molecule has 2 heterocycles. The van der Waals surface area contributed by atoms with Gasteiger partial charge in [-0.3, -0.25) is 9.48 Å². The van der Waals surface area contributed by atoms with E-state index in [9.17, 15) is 13.2 Å². The molecule has 0 aliphatic carbocycles. The van der Waals surface area contributed by atoms with Crippen molar-refractivity contribution in [3.05, 3.63) is 47.8 Å². The van der Waals surface area contributed by atoms with E-state index in [4.69, 9.17) is 0 Å². The molecule has 2 N–H and O–H groups in total. The molecular formula is C19H26N4O3S. The van der Waals surface area contributed by atoms with Gasteiger partial charge in [0.05, 0.1) is 17.1 Å². The highest BCUT2D eigenvalue weighted by atomic mass is 32.2. The van der Waals surface area contributed by atoms with Crippen molar-refractivity contribution in [2.24, 2.45) is 7.05 Å². The van der Waals surface area contributed by atoms with Gasteiger partial charge in [-0.05, 0) is 36.5 Å². The normalized spacial score (nSPS) is 21.7. The molecule has 8 heteroatoms. The summed E-state index contributed by atoms with van der Waals surface area (Å²) >= 11 is 0. The van der Waals surface area contributed by atoms with Crippen molar-refractivity contribution in [3.8, 4) is 0 Å². The van der Waals surface area contributed by atoms with Gasteiger partial charge in [0.25, 0.3) is 0 Å². The van der Waals surface area contributed by atoms with E-state index in [1.54, 1.807) is 36.3 Å². The molecule has 1 aliphatic heterocycles. The predicted octanol–water partition coefficient (Wildman–Crippen LogP) is 2.23. The third-order valence-corrected chi connectivity index (χ3v) is 6.67. The second-order valence-electron chi connectivity index (χ2n) is 7.14. The molecule has 0 spiro atoms. The lowest BCUT2D eigenvalue weighted by Crippen LogP contribution is -2.49. The Labute approximate surface area is 160 Å². The molecule has 1 fully saturated rings. The Kier molecular flexibility index (Phi) is 5.67.